The Bertz CT molecular complexity index is 1440. The maximum absolute atomic E-state index is 14.1. The van der Waals surface area contributed by atoms with Gasteiger partial charge in [-0.1, -0.05) is 113 Å². The van der Waals surface area contributed by atoms with Crippen LogP contribution in [0.25, 0.3) is 0 Å². The molecule has 0 aliphatic carbocycles. The van der Waals surface area contributed by atoms with Crippen LogP contribution in [-0.2, 0) is 41.6 Å². The van der Waals surface area contributed by atoms with Gasteiger partial charge < -0.3 is 28.4 Å². The summed E-state index contributed by atoms with van der Waals surface area (Å²) >= 11 is 0. The maximum Gasteiger partial charge on any atom is 0.468 e. The monoisotopic (exact) mass is 683 g/mol. The average Bonchev–Trinajstić information content (AvgIpc) is 3.10. The van der Waals surface area contributed by atoms with Crippen LogP contribution in [0, 0.1) is 23.7 Å². The summed E-state index contributed by atoms with van der Waals surface area (Å²) < 4.78 is 80.2. The van der Waals surface area contributed by atoms with Crippen molar-refractivity contribution in [3.8, 4) is 0 Å². The van der Waals surface area contributed by atoms with E-state index in [1.54, 1.807) is 18.2 Å². The molecule has 2 aliphatic rings. The molecule has 2 aliphatic heterocycles. The Morgan fingerprint density at radius 1 is 0.673 bits per heavy atom. The zero-order valence-corrected chi connectivity index (χ0v) is 28.8. The van der Waals surface area contributed by atoms with Gasteiger partial charge in [-0.25, -0.2) is 4.99 Å². The van der Waals surface area contributed by atoms with E-state index in [4.69, 9.17) is 28.4 Å². The summed E-state index contributed by atoms with van der Waals surface area (Å²) in [7, 11) is 0. The van der Waals surface area contributed by atoms with Gasteiger partial charge in [-0.05, 0) is 47.4 Å². The molecular weight excluding hydrogens is 635 g/mol. The lowest BCUT2D eigenvalue weighted by atomic mass is 9.82. The fourth-order valence-electron chi connectivity index (χ4n) is 6.40. The number of hydrogen-bond donors (Lipinski definition) is 0. The van der Waals surface area contributed by atoms with Crippen LogP contribution in [0.3, 0.4) is 0 Å². The number of hydrogen-bond acceptors (Lipinski definition) is 7. The first-order chi connectivity index (χ1) is 23.5. The van der Waals surface area contributed by atoms with E-state index >= 15 is 0 Å². The highest BCUT2D eigenvalue weighted by atomic mass is 19.4. The van der Waals surface area contributed by atoms with Gasteiger partial charge in [-0.15, -0.1) is 0 Å². The summed E-state index contributed by atoms with van der Waals surface area (Å²) in [6.45, 7) is 11.2. The first-order valence-corrected chi connectivity index (χ1v) is 17.2. The molecule has 3 aromatic rings. The molecule has 5 rings (SSSR count). The molecule has 2 saturated heterocycles. The Hall–Kier alpha value is -3.28. The van der Waals surface area contributed by atoms with Crippen molar-refractivity contribution in [3.05, 3.63) is 102 Å². The number of nitrogens with zero attached hydrogens (tertiary/aromatic N) is 1. The van der Waals surface area contributed by atoms with Gasteiger partial charge in [-0.2, -0.15) is 13.2 Å². The Labute approximate surface area is 287 Å². The zero-order valence-electron chi connectivity index (χ0n) is 28.8. The zero-order chi connectivity index (χ0) is 35.0. The van der Waals surface area contributed by atoms with Gasteiger partial charge in [0.2, 0.25) is 6.29 Å². The highest BCUT2D eigenvalue weighted by Gasteiger charge is 2.50. The van der Waals surface area contributed by atoms with Crippen molar-refractivity contribution < 1.29 is 41.6 Å². The highest BCUT2D eigenvalue weighted by molar-refractivity contribution is 5.84. The molecule has 0 spiro atoms. The molecule has 10 heteroatoms. The van der Waals surface area contributed by atoms with Crippen LogP contribution < -0.4 is 0 Å². The number of benzene rings is 3. The predicted molar refractivity (Wildman–Crippen MR) is 181 cm³/mol. The third kappa shape index (κ3) is 9.70. The van der Waals surface area contributed by atoms with E-state index in [-0.39, 0.29) is 29.5 Å². The van der Waals surface area contributed by atoms with E-state index in [9.17, 15) is 13.2 Å². The van der Waals surface area contributed by atoms with Crippen molar-refractivity contribution in [2.75, 3.05) is 6.61 Å². The molecule has 0 radical (unpaired) electrons. The van der Waals surface area contributed by atoms with Crippen molar-refractivity contribution in [1.29, 1.82) is 0 Å². The number of alkyl halides is 3. The van der Waals surface area contributed by atoms with Crippen molar-refractivity contribution in [2.45, 2.75) is 97.4 Å². The average molecular weight is 684 g/mol. The molecule has 0 aromatic heterocycles. The van der Waals surface area contributed by atoms with Crippen molar-refractivity contribution in [2.24, 2.45) is 28.7 Å². The van der Waals surface area contributed by atoms with Crippen LogP contribution in [0.2, 0.25) is 0 Å². The van der Waals surface area contributed by atoms with E-state index in [0.29, 0.717) is 26.2 Å². The quantitative estimate of drug-likeness (QED) is 0.140. The number of rotatable bonds is 12. The summed E-state index contributed by atoms with van der Waals surface area (Å²) in [6.07, 6.45) is -8.01. The number of aliphatic imine (C=N–C) groups is 1. The second-order valence-electron chi connectivity index (χ2n) is 13.2. The summed E-state index contributed by atoms with van der Waals surface area (Å²) in [5, 5.41) is 0. The van der Waals surface area contributed by atoms with Crippen LogP contribution in [0.15, 0.2) is 96.0 Å². The number of ether oxygens (including phenoxy) is 6. The van der Waals surface area contributed by atoms with Crippen molar-refractivity contribution in [3.63, 3.8) is 0 Å². The van der Waals surface area contributed by atoms with Crippen LogP contribution in [0.1, 0.15) is 52.2 Å². The molecule has 0 amide bonds. The fraction of sp³-hybridized carbons (Fsp3) is 0.513. The largest absolute Gasteiger partial charge is 0.468 e. The standard InChI is InChI=1S/C39H48F3NO6/c1-6-32-34(27(4)28(5)36(46-32)49-38(39(40,41)42)43-31-20-14-9-15-21-31)48-37-35(45-23-30-18-12-8-13-19-30)26(3)25(2)33(47-37)24-44-22-29-16-10-7-11-17-29/h7-21,25-28,32-37H,6,22-24H2,1-5H3/b43-38+/t25-,26+,27-,28?,32?,33?,34+,35?,36?,37+/m1/s1. The highest BCUT2D eigenvalue weighted by Crippen LogP contribution is 2.40. The SMILES string of the molecule is CCC1OC(O/C(=N/c2ccccc2)C(F)(F)F)C(C)[C@@H](C)[C@@H]1O[C@@H]1OC(COCc2ccccc2)[C@H](C)[C@H](C)C1OCc1ccccc1. The molecule has 2 fully saturated rings. The van der Waals surface area contributed by atoms with Gasteiger partial charge >= 0.3 is 6.18 Å². The minimum absolute atomic E-state index is 0.0460. The molecule has 3 aromatic carbocycles. The van der Waals surface area contributed by atoms with Gasteiger partial charge in [0.15, 0.2) is 6.29 Å². The molecule has 7 nitrogen and oxygen atoms in total. The lowest BCUT2D eigenvalue weighted by molar-refractivity contribution is -0.336. The third-order valence-electron chi connectivity index (χ3n) is 9.79. The van der Waals surface area contributed by atoms with E-state index in [0.717, 1.165) is 11.1 Å². The topological polar surface area (TPSA) is 67.7 Å². The summed E-state index contributed by atoms with van der Waals surface area (Å²) in [5.74, 6) is -1.92. The molecule has 5 unspecified atom stereocenters. The van der Waals surface area contributed by atoms with Crippen LogP contribution in [0.5, 0.6) is 0 Å². The van der Waals surface area contributed by atoms with Crippen LogP contribution in [0.4, 0.5) is 18.9 Å². The van der Waals surface area contributed by atoms with Gasteiger partial charge in [0.25, 0.3) is 5.90 Å². The summed E-state index contributed by atoms with van der Waals surface area (Å²) in [4.78, 5) is 3.78. The second-order valence-corrected chi connectivity index (χ2v) is 13.2. The Kier molecular flexibility index (Phi) is 12.9. The first kappa shape index (κ1) is 37.0. The van der Waals surface area contributed by atoms with Crippen LogP contribution >= 0.6 is 0 Å². The summed E-state index contributed by atoms with van der Waals surface area (Å²) in [6, 6.07) is 27.8. The minimum atomic E-state index is -4.80. The Morgan fingerprint density at radius 2 is 1.22 bits per heavy atom. The van der Waals surface area contributed by atoms with E-state index < -0.39 is 48.9 Å². The lowest BCUT2D eigenvalue weighted by Gasteiger charge is -2.49. The fourth-order valence-corrected chi connectivity index (χ4v) is 6.40. The minimum Gasteiger partial charge on any atom is -0.444 e. The van der Waals surface area contributed by atoms with Crippen molar-refractivity contribution >= 4 is 11.6 Å². The van der Waals surface area contributed by atoms with Gasteiger partial charge in [0, 0.05) is 5.92 Å². The van der Waals surface area contributed by atoms with Gasteiger partial charge in [0.05, 0.1) is 43.8 Å². The third-order valence-corrected chi connectivity index (χ3v) is 9.79. The molecule has 0 bridgehead atoms. The summed E-state index contributed by atoms with van der Waals surface area (Å²) in [5.41, 5.74) is 2.24. The molecule has 10 atom stereocenters. The van der Waals surface area contributed by atoms with E-state index in [2.05, 4.69) is 18.8 Å². The van der Waals surface area contributed by atoms with Gasteiger partial charge in [0.1, 0.15) is 6.10 Å². The second kappa shape index (κ2) is 17.1. The molecular formula is C39H48F3NO6. The lowest BCUT2D eigenvalue weighted by Crippen LogP contribution is -2.58. The Morgan fingerprint density at radius 3 is 1.82 bits per heavy atom. The molecule has 49 heavy (non-hydrogen) atoms. The normalized spacial score (nSPS) is 31.0. The number of halogens is 3. The maximum atomic E-state index is 14.1. The number of para-hydroxylation sites is 1. The van der Waals surface area contributed by atoms with E-state index in [1.165, 1.54) is 12.1 Å². The Balaban J connectivity index is 1.33. The molecule has 0 saturated carbocycles. The van der Waals surface area contributed by atoms with Crippen molar-refractivity contribution in [1.82, 2.24) is 0 Å². The first-order valence-electron chi connectivity index (χ1n) is 17.2. The molecule has 266 valence electrons. The molecule has 0 N–H and O–H groups in total. The van der Waals surface area contributed by atoms with Gasteiger partial charge in [-0.3, -0.25) is 0 Å². The van der Waals surface area contributed by atoms with E-state index in [1.807, 2.05) is 81.4 Å². The predicted octanol–water partition coefficient (Wildman–Crippen LogP) is 8.89. The van der Waals surface area contributed by atoms with Crippen LogP contribution in [-0.4, -0.2) is 55.7 Å². The smallest absolute Gasteiger partial charge is 0.444 e. The molecule has 2 heterocycles.